The topological polar surface area (TPSA) is 47.5 Å². The Morgan fingerprint density at radius 3 is 2.54 bits per heavy atom. The summed E-state index contributed by atoms with van der Waals surface area (Å²) < 4.78 is 10.9. The highest BCUT2D eigenvalue weighted by atomic mass is 16.5. The first kappa shape index (κ1) is 16.9. The molecule has 0 aliphatic carbocycles. The zero-order valence-corrected chi connectivity index (χ0v) is 14.4. The minimum Gasteiger partial charge on any atom is -0.497 e. The van der Waals surface area contributed by atoms with Crippen molar-refractivity contribution in [1.82, 2.24) is 14.9 Å². The quantitative estimate of drug-likeness (QED) is 0.782. The molecule has 1 saturated heterocycles. The summed E-state index contributed by atoms with van der Waals surface area (Å²) in [7, 11) is 1.66. The van der Waals surface area contributed by atoms with Gasteiger partial charge in [-0.2, -0.15) is 0 Å². The zero-order chi connectivity index (χ0) is 16.8. The van der Waals surface area contributed by atoms with Gasteiger partial charge in [0.15, 0.2) is 5.82 Å². The van der Waals surface area contributed by atoms with E-state index < -0.39 is 0 Å². The van der Waals surface area contributed by atoms with Gasteiger partial charge in [-0.15, -0.1) is 0 Å². The van der Waals surface area contributed by atoms with Crippen molar-refractivity contribution < 1.29 is 9.47 Å². The summed E-state index contributed by atoms with van der Waals surface area (Å²) in [5.41, 5.74) is 2.13. The molecule has 2 aromatic rings. The molecule has 0 bridgehead atoms. The monoisotopic (exact) mass is 327 g/mol. The van der Waals surface area contributed by atoms with Crippen molar-refractivity contribution in [2.24, 2.45) is 0 Å². The molecular weight excluding hydrogens is 302 g/mol. The summed E-state index contributed by atoms with van der Waals surface area (Å²) >= 11 is 0. The molecule has 24 heavy (non-hydrogen) atoms. The second-order valence-electron chi connectivity index (χ2n) is 6.11. The zero-order valence-electron chi connectivity index (χ0n) is 14.4. The Hall–Kier alpha value is -1.98. The summed E-state index contributed by atoms with van der Waals surface area (Å²) in [4.78, 5) is 11.4. The van der Waals surface area contributed by atoms with Gasteiger partial charge in [-0.3, -0.25) is 4.90 Å². The maximum Gasteiger partial charge on any atom is 0.159 e. The van der Waals surface area contributed by atoms with Crippen LogP contribution in [0.25, 0.3) is 11.4 Å². The van der Waals surface area contributed by atoms with E-state index in [1.807, 2.05) is 36.7 Å². The van der Waals surface area contributed by atoms with E-state index in [1.165, 1.54) is 12.8 Å². The van der Waals surface area contributed by atoms with E-state index in [9.17, 15) is 0 Å². The smallest absolute Gasteiger partial charge is 0.159 e. The Labute approximate surface area is 143 Å². The average Bonchev–Trinajstić information content (AvgIpc) is 3.15. The van der Waals surface area contributed by atoms with Crippen molar-refractivity contribution in [2.45, 2.75) is 32.4 Å². The SMILES string of the molecule is CCN(Cc1cnc(-c2ccc(OC)cc2)nc1)C[C@@H]1CCCO1. The average molecular weight is 327 g/mol. The fourth-order valence-electron chi connectivity index (χ4n) is 2.97. The first-order valence-corrected chi connectivity index (χ1v) is 8.57. The van der Waals surface area contributed by atoms with Gasteiger partial charge in [0.05, 0.1) is 13.2 Å². The highest BCUT2D eigenvalue weighted by Gasteiger charge is 2.18. The van der Waals surface area contributed by atoms with E-state index >= 15 is 0 Å². The lowest BCUT2D eigenvalue weighted by molar-refractivity contribution is 0.0724. The van der Waals surface area contributed by atoms with E-state index in [1.54, 1.807) is 7.11 Å². The van der Waals surface area contributed by atoms with Crippen molar-refractivity contribution >= 4 is 0 Å². The van der Waals surface area contributed by atoms with Crippen LogP contribution in [0.5, 0.6) is 5.75 Å². The van der Waals surface area contributed by atoms with E-state index in [0.29, 0.717) is 6.10 Å². The van der Waals surface area contributed by atoms with Crippen LogP contribution in [0.1, 0.15) is 25.3 Å². The highest BCUT2D eigenvalue weighted by molar-refractivity contribution is 5.55. The third-order valence-corrected chi connectivity index (χ3v) is 4.39. The predicted octanol–water partition coefficient (Wildman–Crippen LogP) is 3.15. The van der Waals surface area contributed by atoms with Crippen molar-refractivity contribution in [3.05, 3.63) is 42.2 Å². The molecular formula is C19H25N3O2. The Kier molecular flexibility index (Phi) is 5.77. The molecule has 0 unspecified atom stereocenters. The molecule has 1 aliphatic rings. The standard InChI is InChI=1S/C19H25N3O2/c1-3-22(14-18-5-4-10-24-18)13-15-11-20-19(21-12-15)16-6-8-17(23-2)9-7-16/h6-9,11-12,18H,3-5,10,13-14H2,1-2H3/t18-/m0/s1. The third kappa shape index (κ3) is 4.30. The molecule has 0 spiro atoms. The number of hydrogen-bond acceptors (Lipinski definition) is 5. The molecule has 0 amide bonds. The first-order valence-electron chi connectivity index (χ1n) is 8.57. The van der Waals surface area contributed by atoms with E-state index in [4.69, 9.17) is 9.47 Å². The molecule has 3 rings (SSSR count). The molecule has 1 aromatic heterocycles. The van der Waals surface area contributed by atoms with Gasteiger partial charge in [-0.05, 0) is 43.7 Å². The van der Waals surface area contributed by atoms with E-state index in [-0.39, 0.29) is 0 Å². The fourth-order valence-corrected chi connectivity index (χ4v) is 2.97. The molecule has 5 heteroatoms. The summed E-state index contributed by atoms with van der Waals surface area (Å²) in [6.45, 7) is 5.93. The Morgan fingerprint density at radius 2 is 1.96 bits per heavy atom. The number of benzene rings is 1. The van der Waals surface area contributed by atoms with Crippen LogP contribution in [0, 0.1) is 0 Å². The van der Waals surface area contributed by atoms with Gasteiger partial charge in [-0.25, -0.2) is 9.97 Å². The largest absolute Gasteiger partial charge is 0.497 e. The van der Waals surface area contributed by atoms with Crippen molar-refractivity contribution in [3.8, 4) is 17.1 Å². The van der Waals surface area contributed by atoms with Crippen molar-refractivity contribution in [1.29, 1.82) is 0 Å². The summed E-state index contributed by atoms with van der Waals surface area (Å²) in [5, 5.41) is 0. The summed E-state index contributed by atoms with van der Waals surface area (Å²) in [5.74, 6) is 1.58. The number of methoxy groups -OCH3 is 1. The molecule has 2 heterocycles. The predicted molar refractivity (Wildman–Crippen MR) is 93.9 cm³/mol. The van der Waals surface area contributed by atoms with Gasteiger partial charge in [0, 0.05) is 43.2 Å². The number of likely N-dealkylation sites (N-methyl/N-ethyl adjacent to an activating group) is 1. The lowest BCUT2D eigenvalue weighted by atomic mass is 10.2. The van der Waals surface area contributed by atoms with E-state index in [2.05, 4.69) is 21.8 Å². The van der Waals surface area contributed by atoms with Gasteiger partial charge in [0.25, 0.3) is 0 Å². The molecule has 0 saturated carbocycles. The van der Waals surface area contributed by atoms with Crippen LogP contribution in [0.3, 0.4) is 0 Å². The molecule has 1 aromatic carbocycles. The van der Waals surface area contributed by atoms with Crippen molar-refractivity contribution in [2.75, 3.05) is 26.8 Å². The van der Waals surface area contributed by atoms with Crippen molar-refractivity contribution in [3.63, 3.8) is 0 Å². The lowest BCUT2D eigenvalue weighted by Crippen LogP contribution is -2.31. The maximum absolute atomic E-state index is 5.74. The second kappa shape index (κ2) is 8.22. The highest BCUT2D eigenvalue weighted by Crippen LogP contribution is 2.19. The Balaban J connectivity index is 1.62. The number of nitrogens with zero attached hydrogens (tertiary/aromatic N) is 3. The number of ether oxygens (including phenoxy) is 2. The normalized spacial score (nSPS) is 17.4. The van der Waals surface area contributed by atoms with Gasteiger partial charge >= 0.3 is 0 Å². The number of hydrogen-bond donors (Lipinski definition) is 0. The molecule has 1 atom stereocenters. The molecule has 1 fully saturated rings. The van der Waals surface area contributed by atoms with Crippen LogP contribution in [0.15, 0.2) is 36.7 Å². The Morgan fingerprint density at radius 1 is 1.21 bits per heavy atom. The van der Waals surface area contributed by atoms with E-state index in [0.717, 1.165) is 48.9 Å². The number of aromatic nitrogens is 2. The van der Waals surface area contributed by atoms with Gasteiger partial charge in [0.1, 0.15) is 5.75 Å². The summed E-state index contributed by atoms with van der Waals surface area (Å²) in [6, 6.07) is 7.80. The van der Waals surface area contributed by atoms with Crippen LogP contribution in [0.2, 0.25) is 0 Å². The third-order valence-electron chi connectivity index (χ3n) is 4.39. The number of rotatable bonds is 7. The molecule has 0 N–H and O–H groups in total. The molecule has 5 nitrogen and oxygen atoms in total. The molecule has 0 radical (unpaired) electrons. The van der Waals surface area contributed by atoms with Crippen LogP contribution in [-0.2, 0) is 11.3 Å². The first-order chi connectivity index (χ1) is 11.8. The van der Waals surface area contributed by atoms with Gasteiger partial charge in [-0.1, -0.05) is 6.92 Å². The van der Waals surface area contributed by atoms with Crippen LogP contribution >= 0.6 is 0 Å². The molecule has 1 aliphatic heterocycles. The maximum atomic E-state index is 5.74. The minimum atomic E-state index is 0.379. The van der Waals surface area contributed by atoms with Gasteiger partial charge in [0.2, 0.25) is 0 Å². The minimum absolute atomic E-state index is 0.379. The van der Waals surface area contributed by atoms with Crippen LogP contribution in [0.4, 0.5) is 0 Å². The van der Waals surface area contributed by atoms with Gasteiger partial charge < -0.3 is 9.47 Å². The molecule has 128 valence electrons. The lowest BCUT2D eigenvalue weighted by Gasteiger charge is -2.23. The fraction of sp³-hybridized carbons (Fsp3) is 0.474. The second-order valence-corrected chi connectivity index (χ2v) is 6.11. The summed E-state index contributed by atoms with van der Waals surface area (Å²) in [6.07, 6.45) is 6.57. The van der Waals surface area contributed by atoms with Crippen LogP contribution < -0.4 is 4.74 Å². The van der Waals surface area contributed by atoms with Crippen LogP contribution in [-0.4, -0.2) is 47.8 Å². The Bertz CT molecular complexity index is 622.